The van der Waals surface area contributed by atoms with E-state index in [0.717, 1.165) is 62.3 Å². The second-order valence-electron chi connectivity index (χ2n) is 13.2. The van der Waals surface area contributed by atoms with Crippen LogP contribution in [-0.2, 0) is 0 Å². The van der Waals surface area contributed by atoms with Gasteiger partial charge in [0.15, 0.2) is 0 Å². The Labute approximate surface area is 326 Å². The van der Waals surface area contributed by atoms with Crippen LogP contribution < -0.4 is 14.7 Å². The molecule has 0 saturated carbocycles. The summed E-state index contributed by atoms with van der Waals surface area (Å²) in [5, 5.41) is 8.99. The molecular weight excluding hydrogens is 687 g/mol. The highest BCUT2D eigenvalue weighted by molar-refractivity contribution is 5.88. The van der Waals surface area contributed by atoms with Gasteiger partial charge in [0.2, 0.25) is 11.8 Å². The highest BCUT2D eigenvalue weighted by atomic mass is 16.4. The van der Waals surface area contributed by atoms with Crippen LogP contribution in [0.4, 0.5) is 51.2 Å². The fourth-order valence-electron chi connectivity index (χ4n) is 7.01. The molecule has 0 amide bonds. The first-order chi connectivity index (χ1) is 27.8. The van der Waals surface area contributed by atoms with Crippen molar-refractivity contribution in [3.05, 3.63) is 224 Å². The lowest BCUT2D eigenvalue weighted by Crippen LogP contribution is -2.13. The molecule has 9 rings (SSSR count). The van der Waals surface area contributed by atoms with Crippen LogP contribution in [0.25, 0.3) is 22.9 Å². The van der Waals surface area contributed by atoms with Gasteiger partial charge in [0.1, 0.15) is 0 Å². The minimum absolute atomic E-state index is 0.441. The van der Waals surface area contributed by atoms with Gasteiger partial charge < -0.3 is 19.1 Å². The SMILES string of the molecule is c1ccc(-c2nnc(-c3ccccc3N(c3ccc(N(c4ccccc4)c4ccccc4)cc3)c3ccc(N(c4ccccc4)c4ccccc4)cc3)o2)cc1. The monoisotopic (exact) mass is 723 g/mol. The van der Waals surface area contributed by atoms with E-state index < -0.39 is 0 Å². The third-order valence-corrected chi connectivity index (χ3v) is 9.61. The van der Waals surface area contributed by atoms with Crippen molar-refractivity contribution in [1.29, 1.82) is 0 Å². The molecule has 0 spiro atoms. The topological polar surface area (TPSA) is 48.6 Å². The van der Waals surface area contributed by atoms with Gasteiger partial charge in [-0.05, 0) is 121 Å². The fraction of sp³-hybridized carbons (Fsp3) is 0. The Morgan fingerprint density at radius 3 is 0.982 bits per heavy atom. The normalized spacial score (nSPS) is 10.9. The van der Waals surface area contributed by atoms with Gasteiger partial charge in [-0.25, -0.2) is 0 Å². The maximum Gasteiger partial charge on any atom is 0.250 e. The molecule has 0 unspecified atom stereocenters. The first kappa shape index (κ1) is 34.1. The standard InChI is InChI=1S/C50H37N5O/c1-6-18-38(19-7-1)49-51-52-50(56-49)47-28-16-17-29-48(47)55(45-34-30-43(31-35-45)53(39-20-8-2-9-21-39)40-22-10-3-11-23-40)46-36-32-44(33-37-46)54(41-24-12-4-13-25-41)42-26-14-5-15-27-42/h1-37H. The van der Waals surface area contributed by atoms with Crippen molar-refractivity contribution in [2.75, 3.05) is 14.7 Å². The molecule has 0 radical (unpaired) electrons. The molecule has 1 heterocycles. The lowest BCUT2D eigenvalue weighted by atomic mass is 10.1. The summed E-state index contributed by atoms with van der Waals surface area (Å²) in [5.74, 6) is 0.913. The molecule has 1 aromatic heterocycles. The molecule has 0 aliphatic rings. The average Bonchev–Trinajstić information content (AvgIpc) is 3.78. The molecular formula is C50H37N5O. The van der Waals surface area contributed by atoms with Gasteiger partial charge in [-0.1, -0.05) is 103 Å². The van der Waals surface area contributed by atoms with Crippen molar-refractivity contribution in [3.63, 3.8) is 0 Å². The first-order valence-electron chi connectivity index (χ1n) is 18.6. The van der Waals surface area contributed by atoms with Gasteiger partial charge in [-0.2, -0.15) is 0 Å². The van der Waals surface area contributed by atoms with Gasteiger partial charge in [0.05, 0.1) is 11.3 Å². The molecule has 56 heavy (non-hydrogen) atoms. The summed E-state index contributed by atoms with van der Waals surface area (Å²) in [7, 11) is 0. The molecule has 0 aliphatic carbocycles. The number of para-hydroxylation sites is 5. The molecule has 6 heteroatoms. The van der Waals surface area contributed by atoms with Crippen molar-refractivity contribution >= 4 is 51.2 Å². The Balaban J connectivity index is 1.16. The Bertz CT molecular complexity index is 2410. The van der Waals surface area contributed by atoms with Gasteiger partial charge in [-0.3, -0.25) is 0 Å². The van der Waals surface area contributed by atoms with Crippen molar-refractivity contribution in [1.82, 2.24) is 10.2 Å². The minimum Gasteiger partial charge on any atom is -0.416 e. The van der Waals surface area contributed by atoms with Crippen molar-refractivity contribution < 1.29 is 4.42 Å². The van der Waals surface area contributed by atoms with Crippen LogP contribution in [0.2, 0.25) is 0 Å². The van der Waals surface area contributed by atoms with Crippen LogP contribution in [0.3, 0.4) is 0 Å². The van der Waals surface area contributed by atoms with E-state index in [0.29, 0.717) is 11.8 Å². The molecule has 0 N–H and O–H groups in total. The predicted octanol–water partition coefficient (Wildman–Crippen LogP) is 13.8. The van der Waals surface area contributed by atoms with E-state index in [4.69, 9.17) is 4.42 Å². The van der Waals surface area contributed by atoms with Gasteiger partial charge >= 0.3 is 0 Å². The third-order valence-electron chi connectivity index (χ3n) is 9.61. The second-order valence-corrected chi connectivity index (χ2v) is 13.2. The number of benzene rings is 8. The Morgan fingerprint density at radius 1 is 0.268 bits per heavy atom. The molecule has 0 aliphatic heterocycles. The Hall–Kier alpha value is -7.70. The predicted molar refractivity (Wildman–Crippen MR) is 229 cm³/mol. The number of anilines is 9. The zero-order valence-electron chi connectivity index (χ0n) is 30.5. The first-order valence-corrected chi connectivity index (χ1v) is 18.6. The molecule has 268 valence electrons. The molecule has 0 atom stereocenters. The largest absolute Gasteiger partial charge is 0.416 e. The average molecular weight is 724 g/mol. The minimum atomic E-state index is 0.441. The third kappa shape index (κ3) is 7.02. The fourth-order valence-corrected chi connectivity index (χ4v) is 7.01. The molecule has 8 aromatic carbocycles. The summed E-state index contributed by atoms with van der Waals surface area (Å²) in [6.45, 7) is 0. The molecule has 6 nitrogen and oxygen atoms in total. The smallest absolute Gasteiger partial charge is 0.250 e. The Morgan fingerprint density at radius 2 is 0.571 bits per heavy atom. The number of nitrogens with zero attached hydrogens (tertiary/aromatic N) is 5. The molecule has 0 saturated heterocycles. The highest BCUT2D eigenvalue weighted by Crippen LogP contribution is 2.44. The van der Waals surface area contributed by atoms with E-state index >= 15 is 0 Å². The van der Waals surface area contributed by atoms with Crippen LogP contribution in [0, 0.1) is 0 Å². The quantitative estimate of drug-likeness (QED) is 0.132. The van der Waals surface area contributed by atoms with Gasteiger partial charge in [-0.15, -0.1) is 10.2 Å². The number of hydrogen-bond donors (Lipinski definition) is 0. The summed E-state index contributed by atoms with van der Waals surface area (Å²) in [6.07, 6.45) is 0. The van der Waals surface area contributed by atoms with E-state index in [2.05, 4.69) is 177 Å². The maximum absolute atomic E-state index is 6.35. The van der Waals surface area contributed by atoms with Crippen molar-refractivity contribution in [2.24, 2.45) is 0 Å². The Kier molecular flexibility index (Phi) is 9.57. The zero-order chi connectivity index (χ0) is 37.5. The van der Waals surface area contributed by atoms with Crippen LogP contribution in [0.15, 0.2) is 229 Å². The molecule has 0 fully saturated rings. The number of rotatable bonds is 11. The molecule has 9 aromatic rings. The van der Waals surface area contributed by atoms with Crippen molar-refractivity contribution in [3.8, 4) is 22.9 Å². The van der Waals surface area contributed by atoms with E-state index in [1.54, 1.807) is 0 Å². The summed E-state index contributed by atoms with van der Waals surface area (Å²) in [4.78, 5) is 6.78. The van der Waals surface area contributed by atoms with Crippen molar-refractivity contribution in [2.45, 2.75) is 0 Å². The van der Waals surface area contributed by atoms with Gasteiger partial charge in [0.25, 0.3) is 0 Å². The van der Waals surface area contributed by atoms with Crippen LogP contribution in [0.5, 0.6) is 0 Å². The summed E-state index contributed by atoms with van der Waals surface area (Å²) in [6, 6.07) is 77.2. The van der Waals surface area contributed by atoms with Crippen LogP contribution >= 0.6 is 0 Å². The highest BCUT2D eigenvalue weighted by Gasteiger charge is 2.22. The van der Waals surface area contributed by atoms with Crippen LogP contribution in [-0.4, -0.2) is 10.2 Å². The van der Waals surface area contributed by atoms with Crippen LogP contribution in [0.1, 0.15) is 0 Å². The van der Waals surface area contributed by atoms with Gasteiger partial charge in [0, 0.05) is 51.1 Å². The lowest BCUT2D eigenvalue weighted by molar-refractivity contribution is 0.584. The molecule has 0 bridgehead atoms. The number of hydrogen-bond acceptors (Lipinski definition) is 6. The lowest BCUT2D eigenvalue weighted by Gasteiger charge is -2.30. The van der Waals surface area contributed by atoms with E-state index in [1.807, 2.05) is 72.8 Å². The second kappa shape index (κ2) is 15.7. The summed E-state index contributed by atoms with van der Waals surface area (Å²) >= 11 is 0. The van der Waals surface area contributed by atoms with E-state index in [-0.39, 0.29) is 0 Å². The van der Waals surface area contributed by atoms with E-state index in [9.17, 15) is 0 Å². The van der Waals surface area contributed by atoms with E-state index in [1.165, 1.54) is 0 Å². The maximum atomic E-state index is 6.35. The summed E-state index contributed by atoms with van der Waals surface area (Å²) in [5.41, 5.74) is 10.9. The zero-order valence-corrected chi connectivity index (χ0v) is 30.5. The summed E-state index contributed by atoms with van der Waals surface area (Å²) < 4.78 is 6.35. The number of aromatic nitrogens is 2.